The monoisotopic (exact) mass is 381 g/mol. The Morgan fingerprint density at radius 3 is 2.81 bits per heavy atom. The molecule has 0 bridgehead atoms. The predicted octanol–water partition coefficient (Wildman–Crippen LogP) is 3.95. The maximum absolute atomic E-state index is 12.4. The van der Waals surface area contributed by atoms with Crippen LogP contribution in [0.2, 0.25) is 0 Å². The molecule has 140 valence electrons. The molecular weight excluding hydrogens is 358 g/mol. The summed E-state index contributed by atoms with van der Waals surface area (Å²) in [6, 6.07) is 15.5. The number of carbonyl (C=O) groups is 1. The van der Waals surface area contributed by atoms with Crippen LogP contribution in [0, 0.1) is 5.92 Å². The van der Waals surface area contributed by atoms with E-state index in [2.05, 4.69) is 28.4 Å². The molecule has 1 aliphatic heterocycles. The normalized spacial score (nSPS) is 15.1. The van der Waals surface area contributed by atoms with Gasteiger partial charge in [-0.3, -0.25) is 4.79 Å². The summed E-state index contributed by atoms with van der Waals surface area (Å²) in [5, 5.41) is 4.18. The molecule has 4 rings (SSSR count). The van der Waals surface area contributed by atoms with E-state index >= 15 is 0 Å². The third-order valence-electron chi connectivity index (χ3n) is 5.05. The number of aromatic nitrogens is 1. The van der Waals surface area contributed by atoms with Crippen LogP contribution in [0.3, 0.4) is 0 Å². The lowest BCUT2D eigenvalue weighted by atomic mass is 9.97. The van der Waals surface area contributed by atoms with Crippen LogP contribution >= 0.6 is 11.3 Å². The number of benzene rings is 2. The summed E-state index contributed by atoms with van der Waals surface area (Å²) in [4.78, 5) is 19.5. The third kappa shape index (κ3) is 4.06. The van der Waals surface area contributed by atoms with Crippen molar-refractivity contribution in [1.29, 1.82) is 0 Å². The standard InChI is InChI=1S/C21H23N3O2S/c1-26-17-6-4-5-16(13-17)20(25)22-14-15-9-11-24(12-10-15)21-23-18-7-2-3-8-19(18)27-21/h2-8,13,15H,9-12,14H2,1H3,(H,22,25). The van der Waals surface area contributed by atoms with Crippen LogP contribution in [0.15, 0.2) is 48.5 Å². The average Bonchev–Trinajstić information content (AvgIpc) is 3.16. The van der Waals surface area contributed by atoms with Crippen LogP contribution in [0.5, 0.6) is 5.75 Å². The van der Waals surface area contributed by atoms with Crippen LogP contribution in [0.4, 0.5) is 5.13 Å². The number of nitrogens with zero attached hydrogens (tertiary/aromatic N) is 2. The average molecular weight is 382 g/mol. The maximum Gasteiger partial charge on any atom is 0.251 e. The molecule has 5 nitrogen and oxygen atoms in total. The fourth-order valence-electron chi connectivity index (χ4n) is 3.43. The van der Waals surface area contributed by atoms with E-state index in [1.54, 1.807) is 24.5 Å². The highest BCUT2D eigenvalue weighted by molar-refractivity contribution is 7.22. The lowest BCUT2D eigenvalue weighted by Crippen LogP contribution is -2.38. The summed E-state index contributed by atoms with van der Waals surface area (Å²) < 4.78 is 6.42. The van der Waals surface area contributed by atoms with Crippen LogP contribution in [0.25, 0.3) is 10.2 Å². The molecule has 2 aromatic carbocycles. The molecule has 1 aromatic heterocycles. The Balaban J connectivity index is 1.29. The highest BCUT2D eigenvalue weighted by Gasteiger charge is 2.22. The second-order valence-corrected chi connectivity index (χ2v) is 7.85. The Labute approximate surface area is 163 Å². The van der Waals surface area contributed by atoms with Gasteiger partial charge in [0.05, 0.1) is 17.3 Å². The highest BCUT2D eigenvalue weighted by Crippen LogP contribution is 2.31. The van der Waals surface area contributed by atoms with Crippen molar-refractivity contribution < 1.29 is 9.53 Å². The van der Waals surface area contributed by atoms with Gasteiger partial charge in [-0.05, 0) is 49.1 Å². The zero-order valence-electron chi connectivity index (χ0n) is 15.4. The molecule has 1 aliphatic rings. The van der Waals surface area contributed by atoms with Gasteiger partial charge in [0.1, 0.15) is 5.75 Å². The summed E-state index contributed by atoms with van der Waals surface area (Å²) in [6.07, 6.45) is 2.13. The molecule has 27 heavy (non-hydrogen) atoms. The van der Waals surface area contributed by atoms with E-state index in [1.807, 2.05) is 24.3 Å². The molecule has 3 aromatic rings. The van der Waals surface area contributed by atoms with Crippen LogP contribution in [0.1, 0.15) is 23.2 Å². The van der Waals surface area contributed by atoms with Crippen molar-refractivity contribution in [2.24, 2.45) is 5.92 Å². The number of hydrogen-bond acceptors (Lipinski definition) is 5. The number of nitrogens with one attached hydrogen (secondary N) is 1. The summed E-state index contributed by atoms with van der Waals surface area (Å²) >= 11 is 1.76. The van der Waals surface area contributed by atoms with Crippen molar-refractivity contribution in [3.63, 3.8) is 0 Å². The molecule has 0 radical (unpaired) electrons. The fraction of sp³-hybridized carbons (Fsp3) is 0.333. The molecule has 1 fully saturated rings. The first-order chi connectivity index (χ1) is 13.2. The van der Waals surface area contributed by atoms with Crippen LogP contribution in [-0.2, 0) is 0 Å². The van der Waals surface area contributed by atoms with Crippen molar-refractivity contribution in [2.45, 2.75) is 12.8 Å². The highest BCUT2D eigenvalue weighted by atomic mass is 32.1. The van der Waals surface area contributed by atoms with E-state index in [9.17, 15) is 4.79 Å². The Morgan fingerprint density at radius 2 is 2.04 bits per heavy atom. The van der Waals surface area contributed by atoms with Crippen molar-refractivity contribution in [1.82, 2.24) is 10.3 Å². The van der Waals surface area contributed by atoms with Gasteiger partial charge >= 0.3 is 0 Å². The first-order valence-corrected chi connectivity index (χ1v) is 10.1. The van der Waals surface area contributed by atoms with Gasteiger partial charge < -0.3 is 15.0 Å². The number of hydrogen-bond donors (Lipinski definition) is 1. The van der Waals surface area contributed by atoms with E-state index in [-0.39, 0.29) is 5.91 Å². The number of para-hydroxylation sites is 1. The molecular formula is C21H23N3O2S. The molecule has 1 N–H and O–H groups in total. The van der Waals surface area contributed by atoms with Crippen molar-refractivity contribution >= 4 is 32.6 Å². The number of anilines is 1. The number of amides is 1. The number of fused-ring (bicyclic) bond motifs is 1. The van der Waals surface area contributed by atoms with E-state index in [0.717, 1.165) is 36.6 Å². The van der Waals surface area contributed by atoms with Crippen molar-refractivity contribution in [3.05, 3.63) is 54.1 Å². The Kier molecular flexibility index (Phi) is 5.25. The molecule has 0 spiro atoms. The number of thiazole rings is 1. The Hall–Kier alpha value is -2.60. The summed E-state index contributed by atoms with van der Waals surface area (Å²) in [5.74, 6) is 1.17. The summed E-state index contributed by atoms with van der Waals surface area (Å²) in [5.41, 5.74) is 1.71. The molecule has 0 aliphatic carbocycles. The van der Waals surface area contributed by atoms with Crippen LogP contribution in [-0.4, -0.2) is 37.6 Å². The molecule has 0 saturated carbocycles. The van der Waals surface area contributed by atoms with Gasteiger partial charge in [-0.25, -0.2) is 4.98 Å². The fourth-order valence-corrected chi connectivity index (χ4v) is 4.44. The first-order valence-electron chi connectivity index (χ1n) is 9.26. The smallest absolute Gasteiger partial charge is 0.251 e. The minimum Gasteiger partial charge on any atom is -0.497 e. The summed E-state index contributed by atoms with van der Waals surface area (Å²) in [6.45, 7) is 2.68. The number of piperidine rings is 1. The van der Waals surface area contributed by atoms with Gasteiger partial charge in [-0.1, -0.05) is 29.5 Å². The SMILES string of the molecule is COc1cccc(C(=O)NCC2CCN(c3nc4ccccc4s3)CC2)c1. The second-order valence-electron chi connectivity index (χ2n) is 6.84. The lowest BCUT2D eigenvalue weighted by Gasteiger charge is -2.31. The molecule has 6 heteroatoms. The second kappa shape index (κ2) is 7.96. The number of methoxy groups -OCH3 is 1. The van der Waals surface area contributed by atoms with Gasteiger partial charge in [0, 0.05) is 25.2 Å². The molecule has 0 unspecified atom stereocenters. The zero-order chi connectivity index (χ0) is 18.6. The third-order valence-corrected chi connectivity index (χ3v) is 6.15. The quantitative estimate of drug-likeness (QED) is 0.727. The van der Waals surface area contributed by atoms with Crippen LogP contribution < -0.4 is 15.0 Å². The molecule has 1 amide bonds. The number of ether oxygens (including phenoxy) is 1. The summed E-state index contributed by atoms with van der Waals surface area (Å²) in [7, 11) is 1.61. The topological polar surface area (TPSA) is 54.5 Å². The van der Waals surface area contributed by atoms with E-state index in [4.69, 9.17) is 9.72 Å². The predicted molar refractivity (Wildman–Crippen MR) is 110 cm³/mol. The van der Waals surface area contributed by atoms with E-state index in [1.165, 1.54) is 4.70 Å². The van der Waals surface area contributed by atoms with Crippen molar-refractivity contribution in [3.8, 4) is 5.75 Å². The van der Waals surface area contributed by atoms with Gasteiger partial charge in [0.25, 0.3) is 5.91 Å². The van der Waals surface area contributed by atoms with Gasteiger partial charge in [0.2, 0.25) is 0 Å². The number of rotatable bonds is 5. The molecule has 2 heterocycles. The van der Waals surface area contributed by atoms with E-state index in [0.29, 0.717) is 23.8 Å². The van der Waals surface area contributed by atoms with Crippen molar-refractivity contribution in [2.75, 3.05) is 31.6 Å². The number of carbonyl (C=O) groups excluding carboxylic acids is 1. The minimum atomic E-state index is -0.0393. The maximum atomic E-state index is 12.4. The van der Waals surface area contributed by atoms with Gasteiger partial charge in [0.15, 0.2) is 5.13 Å². The molecule has 0 atom stereocenters. The van der Waals surface area contributed by atoms with Gasteiger partial charge in [-0.15, -0.1) is 0 Å². The zero-order valence-corrected chi connectivity index (χ0v) is 16.2. The Morgan fingerprint density at radius 1 is 1.22 bits per heavy atom. The largest absolute Gasteiger partial charge is 0.497 e. The lowest BCUT2D eigenvalue weighted by molar-refractivity contribution is 0.0944. The Bertz CT molecular complexity index is 899. The first kappa shape index (κ1) is 17.8. The van der Waals surface area contributed by atoms with Gasteiger partial charge in [-0.2, -0.15) is 0 Å². The minimum absolute atomic E-state index is 0.0393. The molecule has 1 saturated heterocycles. The van der Waals surface area contributed by atoms with E-state index < -0.39 is 0 Å².